The topological polar surface area (TPSA) is 34.0 Å². The Balaban J connectivity index is 1.97. The Morgan fingerprint density at radius 1 is 1.33 bits per heavy atom. The number of aryl methyl sites for hydroxylation is 1. The summed E-state index contributed by atoms with van der Waals surface area (Å²) in [6, 6.07) is 1.28. The highest BCUT2D eigenvalue weighted by Crippen LogP contribution is 2.23. The van der Waals surface area contributed by atoms with Crippen LogP contribution in [0.25, 0.3) is 0 Å². The molecule has 0 spiro atoms. The van der Waals surface area contributed by atoms with Crippen molar-refractivity contribution in [2.75, 3.05) is 13.1 Å². The van der Waals surface area contributed by atoms with Crippen molar-refractivity contribution in [2.24, 2.45) is 0 Å². The van der Waals surface area contributed by atoms with E-state index in [0.717, 1.165) is 5.82 Å². The molecule has 0 radical (unpaired) electrons. The smallest absolute Gasteiger partial charge is 0.129 e. The van der Waals surface area contributed by atoms with Crippen LogP contribution in [0.5, 0.6) is 0 Å². The van der Waals surface area contributed by atoms with Gasteiger partial charge in [0.1, 0.15) is 12.2 Å². The number of hydrogen-bond donors (Lipinski definition) is 0. The Labute approximate surface area is 91.3 Å². The third-order valence-corrected chi connectivity index (χ3v) is 3.37. The van der Waals surface area contributed by atoms with Crippen molar-refractivity contribution in [1.82, 2.24) is 19.7 Å². The van der Waals surface area contributed by atoms with Crippen LogP contribution in [0.4, 0.5) is 0 Å². The molecule has 1 saturated heterocycles. The van der Waals surface area contributed by atoms with Gasteiger partial charge in [-0.05, 0) is 33.6 Å². The lowest BCUT2D eigenvalue weighted by Gasteiger charge is -2.35. The SMILES string of the molecule is Cc1nncn1C1CCN(C(C)C)CC1. The second-order valence-electron chi connectivity index (χ2n) is 4.65. The molecule has 0 bridgehead atoms. The number of likely N-dealkylation sites (tertiary alicyclic amines) is 1. The molecular formula is C11H20N4. The van der Waals surface area contributed by atoms with Gasteiger partial charge >= 0.3 is 0 Å². The molecule has 4 nitrogen and oxygen atoms in total. The molecule has 1 aliphatic heterocycles. The summed E-state index contributed by atoms with van der Waals surface area (Å²) in [6.45, 7) is 8.95. The zero-order chi connectivity index (χ0) is 10.8. The zero-order valence-corrected chi connectivity index (χ0v) is 9.85. The molecule has 2 heterocycles. The summed E-state index contributed by atoms with van der Waals surface area (Å²) in [5, 5.41) is 8.00. The van der Waals surface area contributed by atoms with Gasteiger partial charge in [0.05, 0.1) is 0 Å². The maximum atomic E-state index is 4.05. The molecule has 1 fully saturated rings. The number of nitrogens with zero attached hydrogens (tertiary/aromatic N) is 4. The van der Waals surface area contributed by atoms with E-state index in [1.165, 1.54) is 25.9 Å². The lowest BCUT2D eigenvalue weighted by atomic mass is 10.0. The maximum absolute atomic E-state index is 4.05. The fourth-order valence-electron chi connectivity index (χ4n) is 2.34. The first-order valence-electron chi connectivity index (χ1n) is 5.78. The van der Waals surface area contributed by atoms with E-state index >= 15 is 0 Å². The van der Waals surface area contributed by atoms with Crippen molar-refractivity contribution >= 4 is 0 Å². The molecule has 2 rings (SSSR count). The number of piperidine rings is 1. The van der Waals surface area contributed by atoms with Crippen molar-refractivity contribution in [1.29, 1.82) is 0 Å². The first-order valence-corrected chi connectivity index (χ1v) is 5.78. The Kier molecular flexibility index (Phi) is 3.05. The summed E-state index contributed by atoms with van der Waals surface area (Å²) in [5.41, 5.74) is 0. The van der Waals surface area contributed by atoms with E-state index in [9.17, 15) is 0 Å². The van der Waals surface area contributed by atoms with Crippen molar-refractivity contribution < 1.29 is 0 Å². The van der Waals surface area contributed by atoms with E-state index in [-0.39, 0.29) is 0 Å². The van der Waals surface area contributed by atoms with Crippen LogP contribution < -0.4 is 0 Å². The van der Waals surface area contributed by atoms with Gasteiger partial charge in [-0.1, -0.05) is 0 Å². The van der Waals surface area contributed by atoms with Gasteiger partial charge < -0.3 is 9.47 Å². The molecule has 15 heavy (non-hydrogen) atoms. The van der Waals surface area contributed by atoms with E-state index in [0.29, 0.717) is 12.1 Å². The molecular weight excluding hydrogens is 188 g/mol. The summed E-state index contributed by atoms with van der Waals surface area (Å²) < 4.78 is 2.22. The van der Waals surface area contributed by atoms with Crippen LogP contribution in [0.1, 0.15) is 38.6 Å². The van der Waals surface area contributed by atoms with E-state index < -0.39 is 0 Å². The average molecular weight is 208 g/mol. The van der Waals surface area contributed by atoms with E-state index in [1.807, 2.05) is 13.3 Å². The molecule has 0 aromatic carbocycles. The number of rotatable bonds is 2. The summed E-state index contributed by atoms with van der Waals surface area (Å²) >= 11 is 0. The molecule has 0 aliphatic carbocycles. The number of hydrogen-bond acceptors (Lipinski definition) is 3. The predicted octanol–water partition coefficient (Wildman–Crippen LogP) is 1.63. The molecule has 0 amide bonds. The van der Waals surface area contributed by atoms with E-state index in [2.05, 4.69) is 33.5 Å². The number of aromatic nitrogens is 3. The van der Waals surface area contributed by atoms with Gasteiger partial charge in [0.25, 0.3) is 0 Å². The largest absolute Gasteiger partial charge is 0.315 e. The Morgan fingerprint density at radius 3 is 2.47 bits per heavy atom. The quantitative estimate of drug-likeness (QED) is 0.741. The minimum Gasteiger partial charge on any atom is -0.315 e. The summed E-state index contributed by atoms with van der Waals surface area (Å²) in [4.78, 5) is 2.54. The Hall–Kier alpha value is -0.900. The van der Waals surface area contributed by atoms with Gasteiger partial charge in [0, 0.05) is 25.2 Å². The van der Waals surface area contributed by atoms with E-state index in [4.69, 9.17) is 0 Å². The van der Waals surface area contributed by atoms with Crippen LogP contribution in [0, 0.1) is 6.92 Å². The van der Waals surface area contributed by atoms with Crippen LogP contribution in [0.15, 0.2) is 6.33 Å². The molecule has 1 aromatic heterocycles. The van der Waals surface area contributed by atoms with Crippen LogP contribution >= 0.6 is 0 Å². The van der Waals surface area contributed by atoms with Crippen molar-refractivity contribution in [3.8, 4) is 0 Å². The maximum Gasteiger partial charge on any atom is 0.129 e. The van der Waals surface area contributed by atoms with Gasteiger partial charge in [-0.15, -0.1) is 10.2 Å². The summed E-state index contributed by atoms with van der Waals surface area (Å²) in [5.74, 6) is 1.04. The molecule has 84 valence electrons. The normalized spacial score (nSPS) is 20.0. The van der Waals surface area contributed by atoms with Gasteiger partial charge in [-0.25, -0.2) is 0 Å². The molecule has 4 heteroatoms. The first kappa shape index (κ1) is 10.6. The van der Waals surface area contributed by atoms with Crippen LogP contribution in [-0.4, -0.2) is 38.8 Å². The van der Waals surface area contributed by atoms with Gasteiger partial charge in [-0.3, -0.25) is 0 Å². The molecule has 1 aromatic rings. The van der Waals surface area contributed by atoms with Crippen LogP contribution in [-0.2, 0) is 0 Å². The van der Waals surface area contributed by atoms with E-state index in [1.54, 1.807) is 0 Å². The molecule has 0 N–H and O–H groups in total. The standard InChI is InChI=1S/C11H20N4/c1-9(2)14-6-4-11(5-7-14)15-8-12-13-10(15)3/h8-9,11H,4-7H2,1-3H3. The second kappa shape index (κ2) is 4.31. The fourth-order valence-corrected chi connectivity index (χ4v) is 2.34. The molecule has 0 unspecified atom stereocenters. The average Bonchev–Trinajstić information content (AvgIpc) is 2.65. The van der Waals surface area contributed by atoms with Crippen LogP contribution in [0.3, 0.4) is 0 Å². The fraction of sp³-hybridized carbons (Fsp3) is 0.818. The van der Waals surface area contributed by atoms with Crippen molar-refractivity contribution in [3.05, 3.63) is 12.2 Å². The first-order chi connectivity index (χ1) is 7.18. The Bertz CT molecular complexity index is 310. The highest BCUT2D eigenvalue weighted by Gasteiger charge is 2.22. The highest BCUT2D eigenvalue weighted by atomic mass is 15.3. The monoisotopic (exact) mass is 208 g/mol. The minimum absolute atomic E-state index is 0.606. The van der Waals surface area contributed by atoms with Gasteiger partial charge in [0.2, 0.25) is 0 Å². The zero-order valence-electron chi connectivity index (χ0n) is 9.85. The Morgan fingerprint density at radius 2 is 2.00 bits per heavy atom. The lowest BCUT2D eigenvalue weighted by molar-refractivity contribution is 0.151. The minimum atomic E-state index is 0.606. The van der Waals surface area contributed by atoms with Crippen molar-refractivity contribution in [2.45, 2.75) is 45.7 Å². The van der Waals surface area contributed by atoms with Crippen LogP contribution in [0.2, 0.25) is 0 Å². The lowest BCUT2D eigenvalue weighted by Crippen LogP contribution is -2.39. The summed E-state index contributed by atoms with van der Waals surface area (Å²) in [6.07, 6.45) is 4.30. The van der Waals surface area contributed by atoms with Crippen molar-refractivity contribution in [3.63, 3.8) is 0 Å². The van der Waals surface area contributed by atoms with Gasteiger partial charge in [0.15, 0.2) is 0 Å². The molecule has 1 aliphatic rings. The third-order valence-electron chi connectivity index (χ3n) is 3.37. The molecule has 0 atom stereocenters. The third kappa shape index (κ3) is 2.20. The van der Waals surface area contributed by atoms with Gasteiger partial charge in [-0.2, -0.15) is 0 Å². The predicted molar refractivity (Wildman–Crippen MR) is 59.7 cm³/mol. The molecule has 0 saturated carbocycles. The highest BCUT2D eigenvalue weighted by molar-refractivity contribution is 4.88. The second-order valence-corrected chi connectivity index (χ2v) is 4.65. The summed E-state index contributed by atoms with van der Waals surface area (Å²) in [7, 11) is 0.